The maximum absolute atomic E-state index is 13.8. The van der Waals surface area contributed by atoms with E-state index in [0.717, 1.165) is 11.1 Å². The SMILES string of the molecule is CCO/N=C(\CC(=O)OC(C)(C)C)C(=O)NC1C(=O)N2C(C(=O)OCc3ccc(OC)cc3)=C(C[n+]3ccc(-c4c[nH]c(C(=O)NC#N)c4)cc3)CSC12. The van der Waals surface area contributed by atoms with Gasteiger partial charge in [0, 0.05) is 35.2 Å². The molecule has 1 saturated heterocycles. The summed E-state index contributed by atoms with van der Waals surface area (Å²) in [4.78, 5) is 74.7. The van der Waals surface area contributed by atoms with Crippen molar-refractivity contribution >= 4 is 47.1 Å². The minimum atomic E-state index is -1.02. The van der Waals surface area contributed by atoms with Gasteiger partial charge in [0.05, 0.1) is 13.5 Å². The number of oxime groups is 1. The number of benzene rings is 1. The minimum absolute atomic E-state index is 0.0611. The lowest BCUT2D eigenvalue weighted by atomic mass is 10.0. The van der Waals surface area contributed by atoms with Crippen LogP contribution in [-0.2, 0) is 46.6 Å². The predicted molar refractivity (Wildman–Crippen MR) is 194 cm³/mol. The highest BCUT2D eigenvalue weighted by atomic mass is 32.2. The highest BCUT2D eigenvalue weighted by molar-refractivity contribution is 8.00. The van der Waals surface area contributed by atoms with E-state index in [1.54, 1.807) is 89.9 Å². The number of hydrogen-bond acceptors (Lipinski definition) is 12. The normalized spacial score (nSPS) is 16.7. The second-order valence-corrected chi connectivity index (χ2v) is 14.2. The van der Waals surface area contributed by atoms with E-state index in [9.17, 15) is 24.0 Å². The number of carbonyl (C=O) groups is 5. The molecule has 1 aromatic carbocycles. The molecule has 3 aromatic rings. The van der Waals surface area contributed by atoms with Crippen molar-refractivity contribution in [2.45, 2.75) is 64.3 Å². The van der Waals surface area contributed by atoms with Gasteiger partial charge in [-0.05, 0) is 57.0 Å². The first kappa shape index (κ1) is 39.1. The van der Waals surface area contributed by atoms with Crippen molar-refractivity contribution in [1.82, 2.24) is 20.5 Å². The molecule has 0 bridgehead atoms. The Kier molecular flexibility index (Phi) is 12.4. The lowest BCUT2D eigenvalue weighted by Gasteiger charge is -2.49. The zero-order chi connectivity index (χ0) is 39.0. The van der Waals surface area contributed by atoms with Gasteiger partial charge in [0.1, 0.15) is 47.4 Å². The van der Waals surface area contributed by atoms with Crippen molar-refractivity contribution in [2.24, 2.45) is 5.16 Å². The number of fused-ring (bicyclic) bond motifs is 1. The van der Waals surface area contributed by atoms with Gasteiger partial charge in [-0.15, -0.1) is 11.8 Å². The first-order valence-corrected chi connectivity index (χ1v) is 17.9. The Bertz CT molecular complexity index is 2010. The number of carbonyl (C=O) groups excluding carboxylic acids is 5. The van der Waals surface area contributed by atoms with E-state index in [2.05, 4.69) is 20.8 Å². The Hall–Kier alpha value is -6.15. The summed E-state index contributed by atoms with van der Waals surface area (Å²) >= 11 is 1.36. The molecular weight excluding hydrogens is 719 g/mol. The number of nitriles is 1. The smallest absolute Gasteiger partial charge is 0.355 e. The fourth-order valence-electron chi connectivity index (χ4n) is 5.55. The van der Waals surface area contributed by atoms with Crippen LogP contribution in [0, 0.1) is 11.5 Å². The summed E-state index contributed by atoms with van der Waals surface area (Å²) < 4.78 is 18.1. The predicted octanol–water partition coefficient (Wildman–Crippen LogP) is 2.71. The molecule has 1 fully saturated rings. The number of β-lactam (4-membered cyclic amide) rings is 1. The van der Waals surface area contributed by atoms with Crippen LogP contribution >= 0.6 is 11.8 Å². The second kappa shape index (κ2) is 17.1. The molecule has 3 amide bonds. The summed E-state index contributed by atoms with van der Waals surface area (Å²) in [6.45, 7) is 7.08. The van der Waals surface area contributed by atoms with E-state index >= 15 is 0 Å². The fourth-order valence-corrected chi connectivity index (χ4v) is 6.89. The summed E-state index contributed by atoms with van der Waals surface area (Å²) in [7, 11) is 1.55. The van der Waals surface area contributed by atoms with Gasteiger partial charge >= 0.3 is 11.9 Å². The van der Waals surface area contributed by atoms with Crippen LogP contribution in [-0.4, -0.2) is 81.7 Å². The Morgan fingerprint density at radius 1 is 1.11 bits per heavy atom. The number of amides is 3. The average molecular weight is 759 g/mol. The number of pyridine rings is 1. The topological polar surface area (TPSA) is 205 Å². The van der Waals surface area contributed by atoms with Crippen molar-refractivity contribution in [3.05, 3.63) is 83.6 Å². The Morgan fingerprint density at radius 3 is 2.48 bits per heavy atom. The minimum Gasteiger partial charge on any atom is -0.497 e. The van der Waals surface area contributed by atoms with E-state index in [0.29, 0.717) is 22.6 Å². The molecule has 5 rings (SSSR count). The highest BCUT2D eigenvalue weighted by Gasteiger charge is 2.55. The number of methoxy groups -OCH3 is 1. The van der Waals surface area contributed by atoms with Crippen LogP contribution < -0.4 is 19.9 Å². The third-order valence-corrected chi connectivity index (χ3v) is 9.39. The van der Waals surface area contributed by atoms with Crippen molar-refractivity contribution in [3.63, 3.8) is 0 Å². The number of aromatic nitrogens is 2. The van der Waals surface area contributed by atoms with Gasteiger partial charge < -0.3 is 29.3 Å². The molecule has 54 heavy (non-hydrogen) atoms. The molecule has 0 spiro atoms. The Morgan fingerprint density at radius 2 is 1.83 bits per heavy atom. The third-order valence-electron chi connectivity index (χ3n) is 8.05. The summed E-state index contributed by atoms with van der Waals surface area (Å²) in [6.07, 6.45) is 6.38. The standard InChI is InChI=1S/C37H39N7O9S/c1-6-52-42-28(16-29(45)53-37(2,3)4)33(47)41-30-34(48)44-31(36(49)51-19-22-7-9-26(50-5)10-8-22)25(20-54-35(30)44)18-43-13-11-23(12-14-43)24-15-27(39-17-24)32(46)40-21-38/h7-15,17,30,35H,6,16,18-20H2,1-5H3,(H2,40,41,46,47)/p+1/b42-28+. The summed E-state index contributed by atoms with van der Waals surface area (Å²) in [5.74, 6) is -2.29. The van der Waals surface area contributed by atoms with Gasteiger partial charge in [-0.25, -0.2) is 9.36 Å². The monoisotopic (exact) mass is 758 g/mol. The van der Waals surface area contributed by atoms with E-state index < -0.39 is 53.1 Å². The number of aromatic amines is 1. The van der Waals surface area contributed by atoms with Gasteiger partial charge in [0.15, 0.2) is 30.8 Å². The number of rotatable bonds is 14. The molecule has 2 unspecified atom stereocenters. The van der Waals surface area contributed by atoms with Gasteiger partial charge in [-0.1, -0.05) is 17.3 Å². The van der Waals surface area contributed by atoms with Crippen molar-refractivity contribution in [3.8, 4) is 23.1 Å². The van der Waals surface area contributed by atoms with Crippen molar-refractivity contribution in [1.29, 1.82) is 5.26 Å². The summed E-state index contributed by atoms with van der Waals surface area (Å²) in [5, 5.41) is 16.6. The summed E-state index contributed by atoms with van der Waals surface area (Å²) in [6, 6.07) is 11.3. The molecule has 2 atom stereocenters. The molecule has 0 saturated carbocycles. The first-order valence-electron chi connectivity index (χ1n) is 16.9. The molecule has 3 N–H and O–H groups in total. The van der Waals surface area contributed by atoms with E-state index in [1.165, 1.54) is 16.7 Å². The molecule has 2 aliphatic heterocycles. The van der Waals surface area contributed by atoms with Crippen LogP contribution in [0.2, 0.25) is 0 Å². The largest absolute Gasteiger partial charge is 0.497 e. The number of nitrogens with zero attached hydrogens (tertiary/aromatic N) is 4. The molecule has 4 heterocycles. The van der Waals surface area contributed by atoms with Crippen LogP contribution in [0.25, 0.3) is 11.1 Å². The van der Waals surface area contributed by atoms with Gasteiger partial charge in [0.25, 0.3) is 17.7 Å². The second-order valence-electron chi connectivity index (χ2n) is 13.1. The number of ether oxygens (including phenoxy) is 3. The molecule has 2 aromatic heterocycles. The molecule has 0 radical (unpaired) electrons. The average Bonchev–Trinajstić information content (AvgIpc) is 3.65. The fraction of sp³-hybridized carbons (Fsp3) is 0.351. The maximum atomic E-state index is 13.8. The van der Waals surface area contributed by atoms with E-state index in [1.807, 2.05) is 16.7 Å². The van der Waals surface area contributed by atoms with Gasteiger partial charge in [-0.2, -0.15) is 5.26 Å². The lowest BCUT2D eigenvalue weighted by Crippen LogP contribution is -2.71. The molecular formula is C37H40N7O9S+. The van der Waals surface area contributed by atoms with Crippen LogP contribution in [0.15, 0.2) is 77.5 Å². The quantitative estimate of drug-likeness (QED) is 0.0415. The lowest BCUT2D eigenvalue weighted by molar-refractivity contribution is -0.689. The van der Waals surface area contributed by atoms with Crippen LogP contribution in [0.4, 0.5) is 0 Å². The zero-order valence-electron chi connectivity index (χ0n) is 30.3. The van der Waals surface area contributed by atoms with E-state index in [4.69, 9.17) is 24.3 Å². The molecule has 0 aliphatic carbocycles. The highest BCUT2D eigenvalue weighted by Crippen LogP contribution is 2.41. The van der Waals surface area contributed by atoms with Crippen LogP contribution in [0.3, 0.4) is 0 Å². The summed E-state index contributed by atoms with van der Waals surface area (Å²) in [5.41, 5.74) is 2.11. The number of esters is 2. The third kappa shape index (κ3) is 9.44. The van der Waals surface area contributed by atoms with Crippen molar-refractivity contribution in [2.75, 3.05) is 19.5 Å². The Labute approximate surface area is 315 Å². The maximum Gasteiger partial charge on any atom is 0.355 e. The van der Waals surface area contributed by atoms with Gasteiger partial charge in [-0.3, -0.25) is 29.4 Å². The van der Waals surface area contributed by atoms with Gasteiger partial charge in [0.2, 0.25) is 0 Å². The van der Waals surface area contributed by atoms with Crippen LogP contribution in [0.5, 0.6) is 5.75 Å². The van der Waals surface area contributed by atoms with Crippen molar-refractivity contribution < 1.29 is 47.6 Å². The number of thioether (sulfide) groups is 1. The number of H-pyrrole nitrogens is 1. The Balaban J connectivity index is 1.36. The van der Waals surface area contributed by atoms with E-state index in [-0.39, 0.29) is 36.9 Å². The number of hydrogen-bond donors (Lipinski definition) is 3. The molecule has 2 aliphatic rings. The zero-order valence-corrected chi connectivity index (χ0v) is 31.2. The molecule has 282 valence electrons. The molecule has 16 nitrogen and oxygen atoms in total. The first-order chi connectivity index (χ1) is 25.8. The molecule has 17 heteroatoms. The van der Waals surface area contributed by atoms with Crippen LogP contribution in [0.1, 0.15) is 50.2 Å². The number of nitrogens with one attached hydrogen (secondary N) is 3.